The van der Waals surface area contributed by atoms with Crippen LogP contribution in [-0.4, -0.2) is 29.9 Å². The van der Waals surface area contributed by atoms with Gasteiger partial charge in [0.05, 0.1) is 0 Å². The van der Waals surface area contributed by atoms with Gasteiger partial charge in [-0.25, -0.2) is 9.00 Å². The van der Waals surface area contributed by atoms with Gasteiger partial charge >= 0.3 is 35.5 Å². The minimum Gasteiger partial charge on any atom is -0.478 e. The van der Waals surface area contributed by atoms with Gasteiger partial charge in [0.2, 0.25) is 0 Å². The SMILES string of the molecule is CC(O)(C(=O)O)S(=O)O.[CH2-]C.[Na+]. The fraction of sp³-hybridized carbons (Fsp3) is 0.600. The zero-order chi connectivity index (χ0) is 9.65. The molecule has 0 spiro atoms. The van der Waals surface area contributed by atoms with E-state index in [0.29, 0.717) is 0 Å². The van der Waals surface area contributed by atoms with Crippen LogP contribution in [0.4, 0.5) is 0 Å². The van der Waals surface area contributed by atoms with E-state index < -0.39 is 22.0 Å². The Kier molecular flexibility index (Phi) is 12.5. The fourth-order valence-corrected chi connectivity index (χ4v) is 0.224. The minimum absolute atomic E-state index is 0. The maximum atomic E-state index is 9.94. The number of aliphatic carboxylic acids is 1. The van der Waals surface area contributed by atoms with E-state index in [9.17, 15) is 9.00 Å². The van der Waals surface area contributed by atoms with Gasteiger partial charge in [0.1, 0.15) is 0 Å². The van der Waals surface area contributed by atoms with Gasteiger partial charge < -0.3 is 21.7 Å². The Labute approximate surface area is 95.7 Å². The number of hydrogen-bond donors (Lipinski definition) is 3. The first-order chi connectivity index (χ1) is 4.89. The van der Waals surface area contributed by atoms with Crippen LogP contribution >= 0.6 is 0 Å². The number of hydrogen-bond acceptors (Lipinski definition) is 3. The van der Waals surface area contributed by atoms with E-state index in [1.165, 1.54) is 0 Å². The van der Waals surface area contributed by atoms with E-state index in [4.69, 9.17) is 14.8 Å². The van der Waals surface area contributed by atoms with Crippen molar-refractivity contribution in [2.75, 3.05) is 0 Å². The summed E-state index contributed by atoms with van der Waals surface area (Å²) in [6.45, 7) is 5.74. The van der Waals surface area contributed by atoms with Crippen molar-refractivity contribution < 1.29 is 53.3 Å². The quantitative estimate of drug-likeness (QED) is 0.252. The summed E-state index contributed by atoms with van der Waals surface area (Å²) in [6.07, 6.45) is 0. The Morgan fingerprint density at radius 1 is 1.50 bits per heavy atom. The first-order valence-corrected chi connectivity index (χ1v) is 3.77. The van der Waals surface area contributed by atoms with E-state index in [-0.39, 0.29) is 29.6 Å². The predicted octanol–water partition coefficient (Wildman–Crippen LogP) is -3.15. The van der Waals surface area contributed by atoms with Crippen LogP contribution in [0.25, 0.3) is 0 Å². The van der Waals surface area contributed by atoms with Crippen LogP contribution in [0.3, 0.4) is 0 Å². The summed E-state index contributed by atoms with van der Waals surface area (Å²) in [5.41, 5.74) is 0. The number of carboxylic acid groups (broad SMARTS) is 1. The van der Waals surface area contributed by atoms with E-state index in [1.807, 2.05) is 0 Å². The van der Waals surface area contributed by atoms with Gasteiger partial charge in [-0.05, 0) is 6.92 Å². The maximum Gasteiger partial charge on any atom is 1.00 e. The average molecular weight is 206 g/mol. The molecule has 0 heterocycles. The van der Waals surface area contributed by atoms with Gasteiger partial charge in [0.15, 0.2) is 11.1 Å². The molecule has 7 heteroatoms. The molecule has 0 aromatic carbocycles. The average Bonchev–Trinajstić information content (AvgIpc) is 1.91. The molecule has 0 aliphatic heterocycles. The van der Waals surface area contributed by atoms with Crippen LogP contribution in [0.5, 0.6) is 0 Å². The first-order valence-electron chi connectivity index (χ1n) is 2.66. The number of carboxylic acids is 1. The molecule has 0 aromatic heterocycles. The molecule has 0 aromatic rings. The van der Waals surface area contributed by atoms with Gasteiger partial charge in [-0.2, -0.15) is 6.92 Å². The molecule has 2 unspecified atom stereocenters. The molecule has 68 valence electrons. The largest absolute Gasteiger partial charge is 1.00 e. The van der Waals surface area contributed by atoms with Gasteiger partial charge in [-0.1, -0.05) is 0 Å². The molecule has 0 aliphatic carbocycles. The summed E-state index contributed by atoms with van der Waals surface area (Å²) in [6, 6.07) is 0. The topological polar surface area (TPSA) is 94.8 Å². The Balaban J connectivity index is -0.000000249. The van der Waals surface area contributed by atoms with Crippen molar-refractivity contribution in [3.63, 3.8) is 0 Å². The fourth-order valence-electron chi connectivity index (χ4n) is 0.0747. The van der Waals surface area contributed by atoms with Crippen molar-refractivity contribution in [3.8, 4) is 0 Å². The van der Waals surface area contributed by atoms with Crippen LogP contribution < -0.4 is 29.6 Å². The number of rotatable bonds is 2. The van der Waals surface area contributed by atoms with Crippen molar-refractivity contribution in [2.24, 2.45) is 0 Å². The zero-order valence-corrected chi connectivity index (χ0v) is 10.1. The molecular weight excluding hydrogens is 195 g/mol. The van der Waals surface area contributed by atoms with Gasteiger partial charge in [0, 0.05) is 0 Å². The Morgan fingerprint density at radius 3 is 1.75 bits per heavy atom. The molecule has 0 saturated heterocycles. The van der Waals surface area contributed by atoms with Crippen molar-refractivity contribution in [1.82, 2.24) is 0 Å². The van der Waals surface area contributed by atoms with E-state index in [1.54, 1.807) is 6.92 Å². The molecule has 0 amide bonds. The van der Waals surface area contributed by atoms with Crippen LogP contribution in [-0.2, 0) is 15.9 Å². The molecule has 0 rings (SSSR count). The second-order valence-electron chi connectivity index (χ2n) is 1.54. The molecule has 0 aliphatic rings. The van der Waals surface area contributed by atoms with Crippen molar-refractivity contribution in [2.45, 2.75) is 18.8 Å². The monoisotopic (exact) mass is 206 g/mol. The molecule has 3 N–H and O–H groups in total. The Bertz CT molecular complexity index is 142. The molecule has 2 atom stereocenters. The summed E-state index contributed by atoms with van der Waals surface area (Å²) < 4.78 is 18.0. The number of aliphatic hydroxyl groups is 1. The second-order valence-corrected chi connectivity index (χ2v) is 2.83. The van der Waals surface area contributed by atoms with Crippen molar-refractivity contribution >= 4 is 17.0 Å². The molecule has 12 heavy (non-hydrogen) atoms. The summed E-state index contributed by atoms with van der Waals surface area (Å²) in [7, 11) is 0. The van der Waals surface area contributed by atoms with Gasteiger partial charge in [-0.15, -0.1) is 0 Å². The third-order valence-corrected chi connectivity index (χ3v) is 1.59. The summed E-state index contributed by atoms with van der Waals surface area (Å²) in [5, 5.41) is 16.5. The van der Waals surface area contributed by atoms with Crippen molar-refractivity contribution in [1.29, 1.82) is 0 Å². The van der Waals surface area contributed by atoms with Crippen LogP contribution in [0.1, 0.15) is 13.8 Å². The smallest absolute Gasteiger partial charge is 0.478 e. The Hall–Kier alpha value is 0.540. The third kappa shape index (κ3) is 6.10. The minimum atomic E-state index is -2.75. The van der Waals surface area contributed by atoms with Crippen molar-refractivity contribution in [3.05, 3.63) is 6.92 Å². The molecule has 0 bridgehead atoms. The first kappa shape index (κ1) is 18.3. The third-order valence-electron chi connectivity index (χ3n) is 0.737. The molecular formula is C5H11NaO5S. The van der Waals surface area contributed by atoms with Gasteiger partial charge in [-0.3, -0.25) is 0 Å². The van der Waals surface area contributed by atoms with E-state index >= 15 is 0 Å². The summed E-state index contributed by atoms with van der Waals surface area (Å²) in [5.74, 6) is -1.72. The molecule has 5 nitrogen and oxygen atoms in total. The summed E-state index contributed by atoms with van der Waals surface area (Å²) in [4.78, 5) is 7.30. The second kappa shape index (κ2) is 8.15. The molecule has 0 fully saturated rings. The summed E-state index contributed by atoms with van der Waals surface area (Å²) >= 11 is -2.75. The standard InChI is InChI=1S/C3H6O5S.C2H5.Na/c1-3(6,2(4)5)9(7)8;1-2;/h6H,1H3,(H,4,5)(H,7,8);1H2,2H3;/q;-1;+1. The zero-order valence-electron chi connectivity index (χ0n) is 7.27. The number of carbonyl (C=O) groups is 1. The van der Waals surface area contributed by atoms with E-state index in [0.717, 1.165) is 6.92 Å². The maximum absolute atomic E-state index is 9.94. The molecule has 0 saturated carbocycles. The predicted molar refractivity (Wildman–Crippen MR) is 40.1 cm³/mol. The normalized spacial score (nSPS) is 15.8. The van der Waals surface area contributed by atoms with Crippen LogP contribution in [0.15, 0.2) is 0 Å². The van der Waals surface area contributed by atoms with Gasteiger partial charge in [0.25, 0.3) is 4.93 Å². The Morgan fingerprint density at radius 2 is 1.75 bits per heavy atom. The van der Waals surface area contributed by atoms with Crippen LogP contribution in [0, 0.1) is 6.92 Å². The van der Waals surface area contributed by atoms with Crippen LogP contribution in [0.2, 0.25) is 0 Å². The molecule has 0 radical (unpaired) electrons. The van der Waals surface area contributed by atoms with E-state index in [2.05, 4.69) is 6.92 Å².